The minimum absolute atomic E-state index is 0.0873. The van der Waals surface area contributed by atoms with Gasteiger partial charge in [0.1, 0.15) is 10.6 Å². The second kappa shape index (κ2) is 5.83. The number of aryl methyl sites for hydroxylation is 2. The predicted molar refractivity (Wildman–Crippen MR) is 74.8 cm³/mol. The summed E-state index contributed by atoms with van der Waals surface area (Å²) in [5.74, 6) is -0.764. The number of thiazole rings is 1. The molecule has 2 aromatic rings. The molecule has 104 valence electrons. The first-order valence-electron chi connectivity index (χ1n) is 5.91. The van der Waals surface area contributed by atoms with Gasteiger partial charge in [0, 0.05) is 0 Å². The summed E-state index contributed by atoms with van der Waals surface area (Å²) in [5, 5.41) is 9.09. The van der Waals surface area contributed by atoms with Gasteiger partial charge in [0.2, 0.25) is 5.78 Å². The van der Waals surface area contributed by atoms with Crippen molar-refractivity contribution in [3.63, 3.8) is 0 Å². The van der Waals surface area contributed by atoms with Gasteiger partial charge in [-0.3, -0.25) is 4.79 Å². The number of carbonyl (C=O) groups excluding carboxylic acids is 1. The van der Waals surface area contributed by atoms with Crippen molar-refractivity contribution in [2.24, 2.45) is 0 Å². The lowest BCUT2D eigenvalue weighted by atomic mass is 10.2. The van der Waals surface area contributed by atoms with Crippen molar-refractivity contribution in [2.45, 2.75) is 13.8 Å². The molecule has 1 N–H and O–H groups in total. The van der Waals surface area contributed by atoms with Gasteiger partial charge < -0.3 is 9.84 Å². The lowest BCUT2D eigenvalue weighted by Crippen LogP contribution is -2.11. The first-order valence-corrected chi connectivity index (χ1v) is 6.73. The van der Waals surface area contributed by atoms with Crippen LogP contribution in [0.4, 0.5) is 0 Å². The van der Waals surface area contributed by atoms with Gasteiger partial charge in [0.05, 0.1) is 5.69 Å². The van der Waals surface area contributed by atoms with Gasteiger partial charge in [-0.25, -0.2) is 9.78 Å². The van der Waals surface area contributed by atoms with Crippen LogP contribution in [-0.2, 0) is 0 Å². The van der Waals surface area contributed by atoms with E-state index in [9.17, 15) is 9.59 Å². The molecule has 6 heteroatoms. The summed E-state index contributed by atoms with van der Waals surface area (Å²) in [4.78, 5) is 26.9. The number of Topliss-reactive ketones (excluding diaryl/α,β-unsaturated/α-hetero) is 1. The van der Waals surface area contributed by atoms with Gasteiger partial charge >= 0.3 is 5.97 Å². The number of benzene rings is 1. The van der Waals surface area contributed by atoms with E-state index in [0.29, 0.717) is 11.4 Å². The average molecular weight is 291 g/mol. The minimum Gasteiger partial charge on any atom is -0.485 e. The van der Waals surface area contributed by atoms with Crippen molar-refractivity contribution < 1.29 is 19.4 Å². The molecule has 1 aromatic carbocycles. The number of hydrogen-bond donors (Lipinski definition) is 1. The number of carboxylic acid groups (broad SMARTS) is 1. The van der Waals surface area contributed by atoms with Crippen LogP contribution in [0.1, 0.15) is 30.7 Å². The highest BCUT2D eigenvalue weighted by Crippen LogP contribution is 2.20. The average Bonchev–Trinajstić information content (AvgIpc) is 2.80. The molecule has 0 spiro atoms. The number of carboxylic acids is 1. The lowest BCUT2D eigenvalue weighted by molar-refractivity contribution is 0.0701. The Morgan fingerprint density at radius 1 is 1.30 bits per heavy atom. The van der Waals surface area contributed by atoms with Crippen LogP contribution >= 0.6 is 11.3 Å². The summed E-state index contributed by atoms with van der Waals surface area (Å²) in [5.41, 5.74) is 1.28. The Morgan fingerprint density at radius 2 is 2.00 bits per heavy atom. The van der Waals surface area contributed by atoms with E-state index in [2.05, 4.69) is 4.98 Å². The first-order chi connectivity index (χ1) is 9.49. The van der Waals surface area contributed by atoms with Crippen molar-refractivity contribution in [3.05, 3.63) is 45.4 Å². The van der Waals surface area contributed by atoms with Crippen molar-refractivity contribution in [1.29, 1.82) is 0 Å². The fourth-order valence-electron chi connectivity index (χ4n) is 1.64. The highest BCUT2D eigenvalue weighted by molar-refractivity contribution is 7.15. The molecule has 0 bridgehead atoms. The Bertz CT molecular complexity index is 663. The first kappa shape index (κ1) is 14.2. The third-order valence-corrected chi connectivity index (χ3v) is 3.87. The number of para-hydroxylation sites is 1. The summed E-state index contributed by atoms with van der Waals surface area (Å²) in [6, 6.07) is 7.37. The molecule has 1 aromatic heterocycles. The molecule has 0 aliphatic carbocycles. The molecule has 0 saturated heterocycles. The molecule has 0 fully saturated rings. The van der Waals surface area contributed by atoms with Crippen molar-refractivity contribution in [1.82, 2.24) is 4.98 Å². The molecule has 0 radical (unpaired) electrons. The third kappa shape index (κ3) is 3.03. The number of ether oxygens (including phenoxy) is 1. The SMILES string of the molecule is Cc1ccccc1OCC(=O)c1nc(C)c(C(=O)O)s1. The molecule has 0 aliphatic heterocycles. The second-order valence-corrected chi connectivity index (χ2v) is 5.22. The van der Waals surface area contributed by atoms with E-state index in [1.54, 1.807) is 13.0 Å². The van der Waals surface area contributed by atoms with E-state index in [1.165, 1.54) is 0 Å². The molecule has 0 aliphatic rings. The van der Waals surface area contributed by atoms with Crippen molar-refractivity contribution in [3.8, 4) is 5.75 Å². The standard InChI is InChI=1S/C14H13NO4S/c1-8-5-3-4-6-11(8)19-7-10(16)13-15-9(2)12(20-13)14(17)18/h3-6H,7H2,1-2H3,(H,17,18). The van der Waals surface area contributed by atoms with E-state index >= 15 is 0 Å². The van der Waals surface area contributed by atoms with E-state index < -0.39 is 5.97 Å². The van der Waals surface area contributed by atoms with E-state index in [0.717, 1.165) is 16.9 Å². The number of aromatic carboxylic acids is 1. The Labute approximate surface area is 119 Å². The smallest absolute Gasteiger partial charge is 0.347 e. The summed E-state index contributed by atoms with van der Waals surface area (Å²) in [6.07, 6.45) is 0. The molecule has 1 heterocycles. The zero-order valence-electron chi connectivity index (χ0n) is 11.0. The highest BCUT2D eigenvalue weighted by Gasteiger charge is 2.19. The Kier molecular flexibility index (Phi) is 4.14. The molecule has 0 unspecified atom stereocenters. The quantitative estimate of drug-likeness (QED) is 0.857. The second-order valence-electron chi connectivity index (χ2n) is 4.22. The van der Waals surface area contributed by atoms with Crippen LogP contribution in [-0.4, -0.2) is 28.4 Å². The summed E-state index contributed by atoms with van der Waals surface area (Å²) in [7, 11) is 0. The van der Waals surface area contributed by atoms with Crippen LogP contribution in [0.2, 0.25) is 0 Å². The molecule has 0 saturated carbocycles. The van der Waals surface area contributed by atoms with Crippen LogP contribution in [0.5, 0.6) is 5.75 Å². The maximum Gasteiger partial charge on any atom is 0.347 e. The molecular weight excluding hydrogens is 278 g/mol. The number of aromatic nitrogens is 1. The van der Waals surface area contributed by atoms with Gasteiger partial charge in [0.15, 0.2) is 11.6 Å². The zero-order chi connectivity index (χ0) is 14.7. The van der Waals surface area contributed by atoms with Crippen LogP contribution in [0, 0.1) is 13.8 Å². The number of hydrogen-bond acceptors (Lipinski definition) is 5. The van der Waals surface area contributed by atoms with Crippen LogP contribution in [0.3, 0.4) is 0 Å². The summed E-state index contributed by atoms with van der Waals surface area (Å²) < 4.78 is 5.43. The molecule has 0 amide bonds. The third-order valence-electron chi connectivity index (χ3n) is 2.68. The molecule has 2 rings (SSSR count). The lowest BCUT2D eigenvalue weighted by Gasteiger charge is -2.06. The molecule has 20 heavy (non-hydrogen) atoms. The van der Waals surface area contributed by atoms with Gasteiger partial charge in [-0.05, 0) is 25.5 Å². The topological polar surface area (TPSA) is 76.5 Å². The van der Waals surface area contributed by atoms with Gasteiger partial charge in [-0.15, -0.1) is 11.3 Å². The Hall–Kier alpha value is -2.21. The normalized spacial score (nSPS) is 10.3. The number of carbonyl (C=O) groups is 2. The van der Waals surface area contributed by atoms with Crippen molar-refractivity contribution >= 4 is 23.1 Å². The predicted octanol–water partition coefficient (Wildman–Crippen LogP) is 2.72. The molecular formula is C14H13NO4S. The molecule has 0 atom stereocenters. The van der Waals surface area contributed by atoms with E-state index in [1.807, 2.05) is 25.1 Å². The maximum absolute atomic E-state index is 11.9. The fraction of sp³-hybridized carbons (Fsp3) is 0.214. The van der Waals surface area contributed by atoms with E-state index in [4.69, 9.17) is 9.84 Å². The summed E-state index contributed by atoms with van der Waals surface area (Å²) >= 11 is 0.875. The van der Waals surface area contributed by atoms with Crippen LogP contribution in [0.25, 0.3) is 0 Å². The largest absolute Gasteiger partial charge is 0.485 e. The minimum atomic E-state index is -1.07. The monoisotopic (exact) mass is 291 g/mol. The van der Waals surface area contributed by atoms with Crippen molar-refractivity contribution in [2.75, 3.05) is 6.61 Å². The van der Waals surface area contributed by atoms with Crippen LogP contribution < -0.4 is 4.74 Å². The van der Waals surface area contributed by atoms with Gasteiger partial charge in [0.25, 0.3) is 0 Å². The van der Waals surface area contributed by atoms with Gasteiger partial charge in [-0.2, -0.15) is 0 Å². The molecule has 5 nitrogen and oxygen atoms in total. The highest BCUT2D eigenvalue weighted by atomic mass is 32.1. The Morgan fingerprint density at radius 3 is 2.60 bits per heavy atom. The maximum atomic E-state index is 11.9. The summed E-state index contributed by atoms with van der Waals surface area (Å²) in [6.45, 7) is 3.30. The van der Waals surface area contributed by atoms with Crippen LogP contribution in [0.15, 0.2) is 24.3 Å². The number of ketones is 1. The number of rotatable bonds is 5. The fourth-order valence-corrected chi connectivity index (χ4v) is 2.47. The van der Waals surface area contributed by atoms with E-state index in [-0.39, 0.29) is 22.3 Å². The van der Waals surface area contributed by atoms with Gasteiger partial charge in [-0.1, -0.05) is 18.2 Å². The number of nitrogens with zero attached hydrogens (tertiary/aromatic N) is 1. The zero-order valence-corrected chi connectivity index (χ0v) is 11.9. The Balaban J connectivity index is 2.08.